The highest BCUT2D eigenvalue weighted by Gasteiger charge is 2.49. The fourth-order valence-electron chi connectivity index (χ4n) is 1.65. The number of rotatable bonds is 1. The van der Waals surface area contributed by atoms with E-state index in [1.54, 1.807) is 0 Å². The van der Waals surface area contributed by atoms with E-state index in [1.165, 1.54) is 7.11 Å². The Morgan fingerprint density at radius 1 is 1.33 bits per heavy atom. The summed E-state index contributed by atoms with van der Waals surface area (Å²) in [4.78, 5) is 0. The molecule has 0 saturated carbocycles. The van der Waals surface area contributed by atoms with Gasteiger partial charge in [-0.1, -0.05) is 0 Å². The summed E-state index contributed by atoms with van der Waals surface area (Å²) in [6.45, 7) is 0.322. The van der Waals surface area contributed by atoms with E-state index in [0.717, 1.165) is 0 Å². The molecule has 0 aliphatic carbocycles. The second-order valence-electron chi connectivity index (χ2n) is 3.06. The van der Waals surface area contributed by atoms with Gasteiger partial charge in [0.25, 0.3) is 0 Å². The van der Waals surface area contributed by atoms with Gasteiger partial charge in [0.2, 0.25) is 0 Å². The first kappa shape index (κ1) is 8.40. The van der Waals surface area contributed by atoms with Crippen LogP contribution in [0.15, 0.2) is 0 Å². The zero-order valence-electron chi connectivity index (χ0n) is 6.71. The van der Waals surface area contributed by atoms with Crippen molar-refractivity contribution in [1.82, 2.24) is 0 Å². The molecule has 2 aliphatic heterocycles. The Morgan fingerprint density at radius 3 is 2.75 bits per heavy atom. The number of methoxy groups -OCH3 is 1. The Hall–Kier alpha value is -0.200. The van der Waals surface area contributed by atoms with Gasteiger partial charge in [0.1, 0.15) is 24.4 Å². The Balaban J connectivity index is 2.14. The Morgan fingerprint density at radius 2 is 2.08 bits per heavy atom. The van der Waals surface area contributed by atoms with Crippen LogP contribution in [0.4, 0.5) is 0 Å². The van der Waals surface area contributed by atoms with Gasteiger partial charge in [0.15, 0.2) is 6.29 Å². The lowest BCUT2D eigenvalue weighted by atomic mass is 10.0. The molecule has 2 bridgehead atoms. The van der Waals surface area contributed by atoms with Gasteiger partial charge in [-0.3, -0.25) is 0 Å². The first-order valence-electron chi connectivity index (χ1n) is 3.90. The van der Waals surface area contributed by atoms with Gasteiger partial charge in [-0.25, -0.2) is 0 Å². The predicted octanol–water partition coefficient (Wildman–Crippen LogP) is -1.52. The van der Waals surface area contributed by atoms with Crippen LogP contribution in [0.25, 0.3) is 0 Å². The minimum atomic E-state index is -0.899. The molecule has 2 aliphatic rings. The molecule has 2 N–H and O–H groups in total. The number of hydrogen-bond acceptors (Lipinski definition) is 5. The van der Waals surface area contributed by atoms with Crippen LogP contribution in [-0.4, -0.2) is 54.6 Å². The molecule has 2 rings (SSSR count). The van der Waals surface area contributed by atoms with Gasteiger partial charge >= 0.3 is 0 Å². The summed E-state index contributed by atoms with van der Waals surface area (Å²) in [7, 11) is 1.45. The molecule has 0 spiro atoms. The van der Waals surface area contributed by atoms with Gasteiger partial charge < -0.3 is 24.4 Å². The molecule has 2 saturated heterocycles. The molecule has 5 nitrogen and oxygen atoms in total. The summed E-state index contributed by atoms with van der Waals surface area (Å²) in [6.07, 6.45) is -3.30. The van der Waals surface area contributed by atoms with Crippen molar-refractivity contribution in [1.29, 1.82) is 0 Å². The quantitative estimate of drug-likeness (QED) is 0.507. The Bertz CT molecular complexity index is 157. The standard InChI is InChI=1S/C7H12O5/c1-10-6-4(8)3-2-11-7(12-3)5(6)9/h3-9H,2H2,1H3. The number of hydrogen-bond donors (Lipinski definition) is 2. The highest BCUT2D eigenvalue weighted by atomic mass is 16.7. The molecule has 0 aromatic heterocycles. The topological polar surface area (TPSA) is 68.2 Å². The normalized spacial score (nSPS) is 52.8. The largest absolute Gasteiger partial charge is 0.387 e. The van der Waals surface area contributed by atoms with Crippen LogP contribution >= 0.6 is 0 Å². The van der Waals surface area contributed by atoms with Crippen LogP contribution in [0.1, 0.15) is 0 Å². The summed E-state index contributed by atoms with van der Waals surface area (Å²) in [6, 6.07) is 0. The molecule has 0 amide bonds. The van der Waals surface area contributed by atoms with E-state index in [0.29, 0.717) is 6.61 Å². The third-order valence-electron chi connectivity index (χ3n) is 2.34. The van der Waals surface area contributed by atoms with Crippen LogP contribution in [0.5, 0.6) is 0 Å². The molecule has 0 aromatic rings. The zero-order valence-corrected chi connectivity index (χ0v) is 6.71. The van der Waals surface area contributed by atoms with Crippen molar-refractivity contribution in [3.8, 4) is 0 Å². The van der Waals surface area contributed by atoms with Gasteiger partial charge in [-0.15, -0.1) is 0 Å². The number of aliphatic hydroxyl groups is 2. The molecule has 2 heterocycles. The van der Waals surface area contributed by atoms with Gasteiger partial charge in [-0.2, -0.15) is 0 Å². The van der Waals surface area contributed by atoms with Gasteiger partial charge in [-0.05, 0) is 0 Å². The maximum atomic E-state index is 9.54. The van der Waals surface area contributed by atoms with Crippen LogP contribution in [0, 0.1) is 0 Å². The first-order chi connectivity index (χ1) is 5.74. The van der Waals surface area contributed by atoms with Crippen LogP contribution < -0.4 is 0 Å². The molecule has 70 valence electrons. The van der Waals surface area contributed by atoms with Crippen molar-refractivity contribution >= 4 is 0 Å². The Labute approximate surface area is 69.8 Å². The average molecular weight is 176 g/mol. The number of ether oxygens (including phenoxy) is 3. The highest BCUT2D eigenvalue weighted by molar-refractivity contribution is 4.93. The van der Waals surface area contributed by atoms with Crippen molar-refractivity contribution < 1.29 is 24.4 Å². The third-order valence-corrected chi connectivity index (χ3v) is 2.34. The van der Waals surface area contributed by atoms with Crippen LogP contribution in [-0.2, 0) is 14.2 Å². The molecule has 2 fully saturated rings. The Kier molecular flexibility index (Phi) is 2.05. The predicted molar refractivity (Wildman–Crippen MR) is 37.4 cm³/mol. The summed E-state index contributed by atoms with van der Waals surface area (Å²) >= 11 is 0. The third kappa shape index (κ3) is 1.06. The van der Waals surface area contributed by atoms with Crippen molar-refractivity contribution in [2.75, 3.05) is 13.7 Å². The van der Waals surface area contributed by atoms with E-state index in [9.17, 15) is 10.2 Å². The summed E-state index contributed by atoms with van der Waals surface area (Å²) < 4.78 is 15.2. The fourth-order valence-corrected chi connectivity index (χ4v) is 1.65. The molecular formula is C7H12O5. The molecule has 5 unspecified atom stereocenters. The smallest absolute Gasteiger partial charge is 0.186 e. The minimum Gasteiger partial charge on any atom is -0.387 e. The van der Waals surface area contributed by atoms with Crippen molar-refractivity contribution in [2.24, 2.45) is 0 Å². The number of fused-ring (bicyclic) bond motifs is 2. The van der Waals surface area contributed by atoms with E-state index >= 15 is 0 Å². The molecule has 12 heavy (non-hydrogen) atoms. The summed E-state index contributed by atoms with van der Waals surface area (Å²) in [5.74, 6) is 0. The summed E-state index contributed by atoms with van der Waals surface area (Å²) in [5, 5.41) is 19.0. The molecule has 5 heteroatoms. The maximum absolute atomic E-state index is 9.54. The zero-order chi connectivity index (χ0) is 8.72. The van der Waals surface area contributed by atoms with Crippen molar-refractivity contribution in [2.45, 2.75) is 30.7 Å². The molecular weight excluding hydrogens is 164 g/mol. The van der Waals surface area contributed by atoms with Gasteiger partial charge in [0, 0.05) is 7.11 Å². The van der Waals surface area contributed by atoms with E-state index < -0.39 is 24.6 Å². The lowest BCUT2D eigenvalue weighted by Crippen LogP contribution is -2.54. The summed E-state index contributed by atoms with van der Waals surface area (Å²) in [5.41, 5.74) is 0. The van der Waals surface area contributed by atoms with E-state index in [1.807, 2.05) is 0 Å². The lowest BCUT2D eigenvalue weighted by Gasteiger charge is -2.34. The second kappa shape index (κ2) is 2.93. The second-order valence-corrected chi connectivity index (χ2v) is 3.06. The lowest BCUT2D eigenvalue weighted by molar-refractivity contribution is -0.234. The maximum Gasteiger partial charge on any atom is 0.186 e. The van der Waals surface area contributed by atoms with E-state index in [2.05, 4.69) is 0 Å². The van der Waals surface area contributed by atoms with Crippen molar-refractivity contribution in [3.63, 3.8) is 0 Å². The minimum absolute atomic E-state index is 0.322. The molecule has 0 radical (unpaired) electrons. The molecule has 0 aromatic carbocycles. The SMILES string of the molecule is COC1C(O)C2COC(O2)C1O. The van der Waals surface area contributed by atoms with Crippen molar-refractivity contribution in [3.05, 3.63) is 0 Å². The number of aliphatic hydroxyl groups excluding tert-OH is 2. The highest BCUT2D eigenvalue weighted by Crippen LogP contribution is 2.29. The molecule has 5 atom stereocenters. The monoisotopic (exact) mass is 176 g/mol. The first-order valence-corrected chi connectivity index (χ1v) is 3.90. The van der Waals surface area contributed by atoms with Crippen LogP contribution in [0.2, 0.25) is 0 Å². The van der Waals surface area contributed by atoms with Gasteiger partial charge in [0.05, 0.1) is 6.61 Å². The fraction of sp³-hybridized carbons (Fsp3) is 1.00. The van der Waals surface area contributed by atoms with E-state index in [4.69, 9.17) is 14.2 Å². The van der Waals surface area contributed by atoms with E-state index in [-0.39, 0.29) is 6.10 Å². The average Bonchev–Trinajstić information content (AvgIpc) is 2.48. The van der Waals surface area contributed by atoms with Crippen LogP contribution in [0.3, 0.4) is 0 Å².